The van der Waals surface area contributed by atoms with Gasteiger partial charge in [0.15, 0.2) is 0 Å². The monoisotopic (exact) mass is 435 g/mol. The quantitative estimate of drug-likeness (QED) is 0.424. The largest absolute Gasteiger partial charge is 0.491 e. The van der Waals surface area contributed by atoms with Crippen molar-refractivity contribution in [3.8, 4) is 18.2 Å². The number of aliphatic hydroxyl groups excluding tert-OH is 1. The van der Waals surface area contributed by atoms with Crippen molar-refractivity contribution < 1.29 is 14.6 Å². The first-order valence-electron chi connectivity index (χ1n) is 11.3. The molecule has 0 bridgehead atoms. The zero-order valence-corrected chi connectivity index (χ0v) is 20.5. The molecule has 0 aliphatic rings. The number of aryl methyl sites for hydroxylation is 2. The van der Waals surface area contributed by atoms with E-state index in [1.54, 1.807) is 0 Å². The van der Waals surface area contributed by atoms with Crippen molar-refractivity contribution in [2.75, 3.05) is 6.61 Å². The summed E-state index contributed by atoms with van der Waals surface area (Å²) in [4.78, 5) is 12.2. The van der Waals surface area contributed by atoms with Gasteiger partial charge in [0, 0.05) is 17.0 Å². The number of carbonyl (C=O) groups is 1. The second-order valence-corrected chi connectivity index (χ2v) is 9.59. The molecule has 0 heterocycles. The molecule has 0 fully saturated rings. The van der Waals surface area contributed by atoms with Crippen molar-refractivity contribution in [1.82, 2.24) is 5.32 Å². The van der Waals surface area contributed by atoms with Crippen LogP contribution in [0.2, 0.25) is 0 Å². The molecular weight excluding hydrogens is 398 g/mol. The minimum absolute atomic E-state index is 0.180. The molecule has 0 saturated carbocycles. The van der Waals surface area contributed by atoms with E-state index in [0.717, 1.165) is 29.7 Å². The fourth-order valence-corrected chi connectivity index (χ4v) is 4.11. The molecule has 32 heavy (non-hydrogen) atoms. The molecule has 2 rings (SSSR count). The van der Waals surface area contributed by atoms with Gasteiger partial charge in [0.05, 0.1) is 6.10 Å². The number of amides is 1. The van der Waals surface area contributed by atoms with Gasteiger partial charge in [0.2, 0.25) is 0 Å². The summed E-state index contributed by atoms with van der Waals surface area (Å²) in [6.07, 6.45) is 6.51. The van der Waals surface area contributed by atoms with Crippen LogP contribution >= 0.6 is 0 Å². The van der Waals surface area contributed by atoms with Crippen molar-refractivity contribution >= 4 is 5.91 Å². The lowest BCUT2D eigenvalue weighted by Gasteiger charge is -2.34. The molecule has 1 amide bonds. The average Bonchev–Trinajstić information content (AvgIpc) is 2.73. The van der Waals surface area contributed by atoms with Gasteiger partial charge in [-0.25, -0.2) is 0 Å². The first-order chi connectivity index (χ1) is 15.0. The lowest BCUT2D eigenvalue weighted by molar-refractivity contribution is 0.0216. The third-order valence-corrected chi connectivity index (χ3v) is 6.54. The van der Waals surface area contributed by atoms with Gasteiger partial charge in [0.25, 0.3) is 5.91 Å². The van der Waals surface area contributed by atoms with E-state index in [2.05, 4.69) is 43.4 Å². The van der Waals surface area contributed by atoms with E-state index in [4.69, 9.17) is 11.2 Å². The van der Waals surface area contributed by atoms with Crippen LogP contribution in [0, 0.1) is 31.7 Å². The molecule has 4 nitrogen and oxygen atoms in total. The molecule has 0 aromatic heterocycles. The summed E-state index contributed by atoms with van der Waals surface area (Å²) in [6.45, 7) is 14.6. The van der Waals surface area contributed by atoms with Gasteiger partial charge < -0.3 is 9.84 Å². The van der Waals surface area contributed by atoms with Gasteiger partial charge in [-0.1, -0.05) is 65.3 Å². The van der Waals surface area contributed by atoms with Crippen LogP contribution in [0.3, 0.4) is 0 Å². The third-order valence-electron chi connectivity index (χ3n) is 6.54. The summed E-state index contributed by atoms with van der Waals surface area (Å²) < 4.78 is 5.94. The van der Waals surface area contributed by atoms with Gasteiger partial charge in [0.1, 0.15) is 12.4 Å². The molecule has 0 radical (unpaired) electrons. The number of rotatable bonds is 8. The number of nitrogens with one attached hydrogen (secondary N) is 1. The number of ether oxygens (including phenoxy) is 1. The van der Waals surface area contributed by atoms with E-state index in [1.165, 1.54) is 11.1 Å². The first kappa shape index (κ1) is 25.5. The maximum Gasteiger partial charge on any atom is 0.262 e. The molecule has 0 saturated heterocycles. The van der Waals surface area contributed by atoms with Gasteiger partial charge in [-0.3, -0.25) is 10.1 Å². The van der Waals surface area contributed by atoms with Crippen LogP contribution in [0.5, 0.6) is 5.75 Å². The van der Waals surface area contributed by atoms with E-state index >= 15 is 0 Å². The Balaban J connectivity index is 2.39. The Hall–Kier alpha value is -2.77. The van der Waals surface area contributed by atoms with Crippen molar-refractivity contribution in [2.24, 2.45) is 5.41 Å². The van der Waals surface area contributed by atoms with Crippen LogP contribution in [0.1, 0.15) is 80.1 Å². The van der Waals surface area contributed by atoms with E-state index in [1.807, 2.05) is 52.8 Å². The fraction of sp³-hybridized carbons (Fsp3) is 0.464. The molecule has 2 N–H and O–H groups in total. The number of aliphatic hydroxyl groups is 1. The maximum absolute atomic E-state index is 12.2. The Kier molecular flexibility index (Phi) is 8.15. The normalized spacial score (nSPS) is 12.7. The average molecular weight is 436 g/mol. The smallest absolute Gasteiger partial charge is 0.262 e. The highest BCUT2D eigenvalue weighted by Gasteiger charge is 2.32. The molecule has 0 aliphatic carbocycles. The number of terminal acetylenes is 1. The van der Waals surface area contributed by atoms with E-state index in [-0.39, 0.29) is 23.3 Å². The second-order valence-electron chi connectivity index (χ2n) is 9.59. The minimum atomic E-state index is -0.542. The van der Waals surface area contributed by atoms with Crippen LogP contribution in [-0.2, 0) is 5.41 Å². The van der Waals surface area contributed by atoms with Crippen LogP contribution in [0.25, 0.3) is 0 Å². The maximum atomic E-state index is 12.2. The summed E-state index contributed by atoms with van der Waals surface area (Å²) in [5.74, 6) is 0.528. The zero-order valence-electron chi connectivity index (χ0n) is 20.5. The highest BCUT2D eigenvalue weighted by Crippen LogP contribution is 2.41. The summed E-state index contributed by atoms with van der Waals surface area (Å²) in [7, 11) is 0. The number of benzene rings is 2. The lowest BCUT2D eigenvalue weighted by atomic mass is 9.70. The number of carbonyl (C=O) groups excluding carboxylic acids is 1. The lowest BCUT2D eigenvalue weighted by Crippen LogP contribution is -2.32. The Morgan fingerprint density at radius 1 is 1.06 bits per heavy atom. The van der Waals surface area contributed by atoms with Crippen LogP contribution in [0.15, 0.2) is 36.4 Å². The van der Waals surface area contributed by atoms with Crippen LogP contribution < -0.4 is 10.1 Å². The van der Waals surface area contributed by atoms with Crippen molar-refractivity contribution in [1.29, 1.82) is 0 Å². The van der Waals surface area contributed by atoms with Crippen molar-refractivity contribution in [2.45, 2.75) is 72.8 Å². The zero-order chi connectivity index (χ0) is 24.1. The van der Waals surface area contributed by atoms with Gasteiger partial charge in [-0.2, -0.15) is 0 Å². The molecule has 2 aromatic rings. The highest BCUT2D eigenvalue weighted by atomic mass is 16.5. The topological polar surface area (TPSA) is 58.6 Å². The SMILES string of the molecule is C#CNC(=O)c1ccc(C(CC)(CC)c2ccc(OCC(O)C(C)(C)C)c(C)c2)cc1C. The molecule has 2 aromatic carbocycles. The minimum Gasteiger partial charge on any atom is -0.491 e. The Labute approximate surface area is 193 Å². The standard InChI is InChI=1S/C28H37NO3/c1-9-28(10-2,21-12-14-23(19(4)16-21)26(31)29-11-3)22-13-15-24(20(5)17-22)32-18-25(30)27(6,7)8/h3,12-17,25,30H,9-10,18H2,1-2,4-8H3,(H,29,31). The molecule has 0 spiro atoms. The highest BCUT2D eigenvalue weighted by molar-refractivity contribution is 5.96. The van der Waals surface area contributed by atoms with Crippen molar-refractivity contribution in [3.05, 3.63) is 64.2 Å². The molecule has 4 heteroatoms. The van der Waals surface area contributed by atoms with E-state index < -0.39 is 6.10 Å². The van der Waals surface area contributed by atoms with Gasteiger partial charge >= 0.3 is 0 Å². The Morgan fingerprint density at radius 3 is 2.09 bits per heavy atom. The Bertz CT molecular complexity index is 991. The van der Waals surface area contributed by atoms with Gasteiger partial charge in [-0.15, -0.1) is 0 Å². The third kappa shape index (κ3) is 5.34. The van der Waals surface area contributed by atoms with Gasteiger partial charge in [-0.05, 0) is 66.5 Å². The molecule has 0 aliphatic heterocycles. The predicted octanol–water partition coefficient (Wildman–Crippen LogP) is 5.52. The van der Waals surface area contributed by atoms with Crippen molar-refractivity contribution in [3.63, 3.8) is 0 Å². The number of hydrogen-bond acceptors (Lipinski definition) is 3. The predicted molar refractivity (Wildman–Crippen MR) is 131 cm³/mol. The summed E-state index contributed by atoms with van der Waals surface area (Å²) in [5.41, 5.74) is 4.50. The first-order valence-corrected chi connectivity index (χ1v) is 11.3. The molecular formula is C28H37NO3. The van der Waals surface area contributed by atoms with Crippen LogP contribution in [0.4, 0.5) is 0 Å². The molecule has 1 atom stereocenters. The fourth-order valence-electron chi connectivity index (χ4n) is 4.11. The Morgan fingerprint density at radius 2 is 1.62 bits per heavy atom. The summed E-state index contributed by atoms with van der Waals surface area (Å²) >= 11 is 0. The van der Waals surface area contributed by atoms with E-state index in [0.29, 0.717) is 5.56 Å². The van der Waals surface area contributed by atoms with Crippen LogP contribution in [-0.4, -0.2) is 23.7 Å². The second kappa shape index (κ2) is 10.2. The summed E-state index contributed by atoms with van der Waals surface area (Å²) in [5, 5.41) is 12.7. The molecule has 1 unspecified atom stereocenters. The number of hydrogen-bond donors (Lipinski definition) is 2. The summed E-state index contributed by atoms with van der Waals surface area (Å²) in [6, 6.07) is 14.5. The molecule has 172 valence electrons. The van der Waals surface area contributed by atoms with E-state index in [9.17, 15) is 9.90 Å².